The molecule has 0 aromatic heterocycles. The molecule has 536 valence electrons. The van der Waals surface area contributed by atoms with Crippen molar-refractivity contribution in [1.29, 1.82) is 0 Å². The van der Waals surface area contributed by atoms with Crippen molar-refractivity contribution in [3.63, 3.8) is 0 Å². The van der Waals surface area contributed by atoms with Gasteiger partial charge in [0.15, 0.2) is 26.2 Å². The van der Waals surface area contributed by atoms with E-state index in [2.05, 4.69) is 13.8 Å². The average molecular weight is 1320 g/mol. The lowest BCUT2D eigenvalue weighted by molar-refractivity contribution is -0.883. The summed E-state index contributed by atoms with van der Waals surface area (Å²) in [4.78, 5) is 113. The van der Waals surface area contributed by atoms with Gasteiger partial charge in [-0.2, -0.15) is 0 Å². The summed E-state index contributed by atoms with van der Waals surface area (Å²) in [6.45, 7) is 12.6. The van der Waals surface area contributed by atoms with Crippen LogP contribution in [0.4, 0.5) is 0 Å². The molecule has 0 heterocycles. The fourth-order valence-corrected chi connectivity index (χ4v) is 10.7. The van der Waals surface area contributed by atoms with Crippen LogP contribution in [0.15, 0.2) is 0 Å². The maximum Gasteiger partial charge on any atom is 0.362 e. The third kappa shape index (κ3) is 52.4. The lowest BCUT2D eigenvalue weighted by Crippen LogP contribution is -2.49. The number of carbonyl (C=O) groups excluding carboxylic acids is 9. The van der Waals surface area contributed by atoms with E-state index in [4.69, 9.17) is 42.6 Å². The zero-order valence-corrected chi connectivity index (χ0v) is 60.4. The Morgan fingerprint density at radius 1 is 0.261 bits per heavy atom. The van der Waals surface area contributed by atoms with Crippen LogP contribution in [0.1, 0.15) is 234 Å². The summed E-state index contributed by atoms with van der Waals surface area (Å²) in [6, 6.07) is 0. The molecule has 4 unspecified atom stereocenters. The highest BCUT2D eigenvalue weighted by Gasteiger charge is 2.35. The summed E-state index contributed by atoms with van der Waals surface area (Å²) < 4.78 is 52.2. The van der Waals surface area contributed by atoms with Crippen molar-refractivity contribution in [3.05, 3.63) is 0 Å². The van der Waals surface area contributed by atoms with E-state index in [-0.39, 0.29) is 94.4 Å². The summed E-state index contributed by atoms with van der Waals surface area (Å²) in [5.74, 6) is -3.46. The number of carbonyl (C=O) groups is 9. The van der Waals surface area contributed by atoms with Gasteiger partial charge in [0.2, 0.25) is 0 Å². The second kappa shape index (κ2) is 51.4. The van der Waals surface area contributed by atoms with Crippen molar-refractivity contribution in [2.75, 3.05) is 142 Å². The molecule has 0 spiro atoms. The molecule has 0 aliphatic heterocycles. The normalized spacial score (nSPS) is 13.2. The molecular formula is C70H132N4O18+4. The van der Waals surface area contributed by atoms with Gasteiger partial charge in [0, 0.05) is 34.1 Å². The smallest absolute Gasteiger partial charge is 0.362 e. The van der Waals surface area contributed by atoms with Gasteiger partial charge in [0.25, 0.3) is 0 Å². The zero-order chi connectivity index (χ0) is 69.3. The number of likely N-dealkylation sites (N-methyl/N-ethyl adjacent to an activating group) is 4. The van der Waals surface area contributed by atoms with Crippen molar-refractivity contribution < 1.29 is 104 Å². The molecule has 0 aliphatic rings. The Labute approximate surface area is 555 Å². The van der Waals surface area contributed by atoms with Gasteiger partial charge >= 0.3 is 53.7 Å². The van der Waals surface area contributed by atoms with Crippen LogP contribution in [0.2, 0.25) is 0 Å². The van der Waals surface area contributed by atoms with E-state index in [1.165, 1.54) is 53.4 Å². The lowest BCUT2D eigenvalue weighted by Gasteiger charge is -2.32. The van der Waals surface area contributed by atoms with Gasteiger partial charge in [0.05, 0.1) is 63.0 Å². The zero-order valence-electron chi connectivity index (χ0n) is 60.4. The summed E-state index contributed by atoms with van der Waals surface area (Å²) in [5.41, 5.74) is 0. The topological polar surface area (TPSA) is 237 Å². The predicted molar refractivity (Wildman–Crippen MR) is 354 cm³/mol. The first-order valence-electron chi connectivity index (χ1n) is 35.1. The minimum atomic E-state index is -0.672. The van der Waals surface area contributed by atoms with E-state index in [1.54, 1.807) is 0 Å². The van der Waals surface area contributed by atoms with Crippen LogP contribution in [0.5, 0.6) is 0 Å². The van der Waals surface area contributed by atoms with Gasteiger partial charge < -0.3 is 60.6 Å². The van der Waals surface area contributed by atoms with Crippen LogP contribution >= 0.6 is 0 Å². The molecule has 22 nitrogen and oxygen atoms in total. The number of nitrogens with zero attached hydrogens (tertiary/aromatic N) is 4. The standard InChI is InChI=1S/C70H132N4O18/c1-15-17-19-21-23-28-34-40-62(89-67(80)54-71(7,8)45-50-84-58(3)75)64(91-69(82)56-73(11,12)47-52-86-60(5)77)42-36-30-25-26-32-38-44-66(79)88-49-39-33-27-31-37-43-65(92-70(83)57-74(13,14)48-53-87-61(6)78)63(41-35-29-24-22-20-18-16-2)90-68(81)55-72(9,10)46-51-85-59(4)76/h62-65H,15-57H2,1-14H3/q+4. The molecule has 0 aromatic carbocycles. The van der Waals surface area contributed by atoms with Gasteiger partial charge in [-0.3, -0.25) is 24.0 Å². The van der Waals surface area contributed by atoms with E-state index < -0.39 is 54.3 Å². The van der Waals surface area contributed by atoms with E-state index >= 15 is 0 Å². The number of rotatable bonds is 59. The Morgan fingerprint density at radius 3 is 0.717 bits per heavy atom. The largest absolute Gasteiger partial charge is 0.466 e. The second-order valence-electron chi connectivity index (χ2n) is 28.0. The Balaban J connectivity index is 5.67. The molecule has 92 heavy (non-hydrogen) atoms. The molecule has 0 N–H and O–H groups in total. The van der Waals surface area contributed by atoms with Gasteiger partial charge in [-0.05, 0) is 64.2 Å². The highest BCUT2D eigenvalue weighted by Crippen LogP contribution is 2.24. The van der Waals surface area contributed by atoms with Crippen molar-refractivity contribution in [1.82, 2.24) is 0 Å². The molecule has 22 heteroatoms. The van der Waals surface area contributed by atoms with Crippen LogP contribution in [0.3, 0.4) is 0 Å². The van der Waals surface area contributed by atoms with Crippen LogP contribution in [0.25, 0.3) is 0 Å². The molecule has 0 aromatic rings. The maximum absolute atomic E-state index is 13.7. The summed E-state index contributed by atoms with van der Waals surface area (Å²) in [5, 5.41) is 0. The molecule has 0 bridgehead atoms. The molecular weight excluding hydrogens is 1180 g/mol. The van der Waals surface area contributed by atoms with Crippen LogP contribution in [-0.2, 0) is 85.8 Å². The number of esters is 9. The Bertz CT molecular complexity index is 1930. The van der Waals surface area contributed by atoms with Crippen LogP contribution in [0, 0.1) is 0 Å². The van der Waals surface area contributed by atoms with E-state index in [0.717, 1.165) is 122 Å². The minimum absolute atomic E-state index is 0.0337. The molecule has 0 aliphatic carbocycles. The molecule has 0 saturated carbocycles. The number of hydrogen-bond donors (Lipinski definition) is 0. The highest BCUT2D eigenvalue weighted by molar-refractivity contribution is 5.73. The minimum Gasteiger partial charge on any atom is -0.466 e. The summed E-state index contributed by atoms with van der Waals surface area (Å²) in [6.07, 6.45) is 23.8. The first-order chi connectivity index (χ1) is 43.4. The number of unbranched alkanes of at least 4 members (excludes halogenated alkanes) is 21. The number of ether oxygens (including phenoxy) is 9. The van der Waals surface area contributed by atoms with E-state index in [1.807, 2.05) is 56.4 Å². The lowest BCUT2D eigenvalue weighted by atomic mass is 9.99. The average Bonchev–Trinajstić information content (AvgIpc) is 1.23. The molecule has 0 radical (unpaired) electrons. The molecule has 0 rings (SSSR count). The Kier molecular flexibility index (Phi) is 48.7. The van der Waals surface area contributed by atoms with Crippen LogP contribution in [-0.4, -0.2) is 238 Å². The van der Waals surface area contributed by atoms with Gasteiger partial charge in [-0.25, -0.2) is 19.2 Å². The Hall–Kier alpha value is -4.93. The number of quaternary nitrogens is 4. The molecule has 0 amide bonds. The maximum atomic E-state index is 13.7. The monoisotopic (exact) mass is 1320 g/mol. The van der Waals surface area contributed by atoms with Crippen LogP contribution < -0.4 is 0 Å². The third-order valence-electron chi connectivity index (χ3n) is 16.4. The van der Waals surface area contributed by atoms with Crippen molar-refractivity contribution in [3.8, 4) is 0 Å². The Morgan fingerprint density at radius 2 is 0.478 bits per heavy atom. The van der Waals surface area contributed by atoms with Gasteiger partial charge in [-0.15, -0.1) is 0 Å². The van der Waals surface area contributed by atoms with Gasteiger partial charge in [0.1, 0.15) is 77.0 Å². The quantitative estimate of drug-likeness (QED) is 0.0238. The van der Waals surface area contributed by atoms with Gasteiger partial charge in [-0.1, -0.05) is 136 Å². The highest BCUT2D eigenvalue weighted by atomic mass is 16.6. The third-order valence-corrected chi connectivity index (χ3v) is 16.4. The first kappa shape index (κ1) is 87.1. The molecule has 4 atom stereocenters. The summed E-state index contributed by atoms with van der Waals surface area (Å²) >= 11 is 0. The van der Waals surface area contributed by atoms with Crippen molar-refractivity contribution in [2.45, 2.75) is 259 Å². The summed E-state index contributed by atoms with van der Waals surface area (Å²) in [7, 11) is 15.0. The molecule has 0 saturated heterocycles. The van der Waals surface area contributed by atoms with E-state index in [9.17, 15) is 43.2 Å². The van der Waals surface area contributed by atoms with E-state index in [0.29, 0.717) is 77.7 Å². The van der Waals surface area contributed by atoms with Crippen molar-refractivity contribution in [2.24, 2.45) is 0 Å². The SMILES string of the molecule is CCCCCCCCCC(OC(=O)C[N+](C)(C)CCOC(C)=O)C(CCCCCCCCC(=O)OCCCCCCCC(OC(=O)C[N+](C)(C)CCOC(C)=O)C(CCCCCCCCC)OC(=O)C[N+](C)(C)CCOC(C)=O)OC(=O)C[N+](C)(C)CCOC(C)=O. The molecule has 0 fully saturated rings. The van der Waals surface area contributed by atoms with Crippen molar-refractivity contribution >= 4 is 53.7 Å². The predicted octanol–water partition coefficient (Wildman–Crippen LogP) is 10.5. The second-order valence-corrected chi connectivity index (χ2v) is 28.0. The fourth-order valence-electron chi connectivity index (χ4n) is 10.7. The first-order valence-corrected chi connectivity index (χ1v) is 35.1. The number of hydrogen-bond acceptors (Lipinski definition) is 18. The fraction of sp³-hybridized carbons (Fsp3) is 0.871.